The van der Waals surface area contributed by atoms with Crippen molar-refractivity contribution < 1.29 is 55.3 Å². The number of hydrogen-bond donors (Lipinski definition) is 1. The molecule has 2 fully saturated rings. The van der Waals surface area contributed by atoms with Gasteiger partial charge in [0.1, 0.15) is 12.2 Å². The van der Waals surface area contributed by atoms with Crippen molar-refractivity contribution in [2.75, 3.05) is 13.7 Å². The number of halogens is 6. The number of alkyl halides is 5. The fraction of sp³-hybridized carbons (Fsp3) is 0.543. The third-order valence-electron chi connectivity index (χ3n) is 9.31. The third-order valence-corrected chi connectivity index (χ3v) is 9.63. The number of imide groups is 1. The zero-order chi connectivity index (χ0) is 38.9. The van der Waals surface area contributed by atoms with Crippen molar-refractivity contribution in [1.82, 2.24) is 24.8 Å². The molecule has 1 N–H and O–H groups in total. The van der Waals surface area contributed by atoms with Crippen LogP contribution in [0.1, 0.15) is 75.9 Å². The molecule has 1 aliphatic carbocycles. The summed E-state index contributed by atoms with van der Waals surface area (Å²) in [6, 6.07) is 9.22. The number of methoxy groups -OCH3 is 1. The Labute approximate surface area is 306 Å². The number of carbonyl (C=O) groups is 4. The average molecular weight is 772 g/mol. The van der Waals surface area contributed by atoms with E-state index in [0.717, 1.165) is 7.11 Å². The quantitative estimate of drug-likeness (QED) is 0.109. The normalized spacial score (nSPS) is 21.6. The Morgan fingerprint density at radius 3 is 2.36 bits per heavy atom. The second-order valence-corrected chi connectivity index (χ2v) is 14.8. The minimum Gasteiger partial charge on any atom is -0.468 e. The number of benzene rings is 1. The van der Waals surface area contributed by atoms with Crippen molar-refractivity contribution >= 4 is 41.3 Å². The lowest BCUT2D eigenvalue weighted by Crippen LogP contribution is -2.61. The number of piperidine rings is 1. The lowest BCUT2D eigenvalue weighted by molar-refractivity contribution is -0.204. The van der Waals surface area contributed by atoms with E-state index >= 15 is 0 Å². The molecule has 3 aromatic rings. The molecule has 2 aliphatic rings. The molecule has 1 saturated heterocycles. The Kier molecular flexibility index (Phi) is 11.3. The highest BCUT2D eigenvalue weighted by molar-refractivity contribution is 6.31. The highest BCUT2D eigenvalue weighted by atomic mass is 35.5. The van der Waals surface area contributed by atoms with Gasteiger partial charge in [0.15, 0.2) is 11.1 Å². The van der Waals surface area contributed by atoms with E-state index in [-0.39, 0.29) is 46.4 Å². The van der Waals surface area contributed by atoms with Gasteiger partial charge < -0.3 is 19.5 Å². The van der Waals surface area contributed by atoms with Crippen molar-refractivity contribution in [2.45, 2.75) is 89.6 Å². The molecule has 0 bridgehead atoms. The maximum Gasteiger partial charge on any atom is 0.417 e. The van der Waals surface area contributed by atoms with Crippen LogP contribution in [-0.2, 0) is 36.8 Å². The topological polar surface area (TPSA) is 141 Å². The summed E-state index contributed by atoms with van der Waals surface area (Å²) in [5.74, 6) is -8.31. The van der Waals surface area contributed by atoms with E-state index < -0.39 is 97.3 Å². The highest BCUT2D eigenvalue weighted by Gasteiger charge is 2.61. The second-order valence-electron chi connectivity index (χ2n) is 14.4. The number of fused-ring (bicyclic) bond motifs is 1. The number of nitrogens with one attached hydrogen (secondary N) is 1. The number of imidazole rings is 1. The van der Waals surface area contributed by atoms with Gasteiger partial charge in [-0.05, 0) is 51.5 Å². The van der Waals surface area contributed by atoms with Crippen LogP contribution in [0.3, 0.4) is 0 Å². The van der Waals surface area contributed by atoms with E-state index in [1.807, 2.05) is 0 Å². The molecule has 53 heavy (non-hydrogen) atoms. The first-order valence-corrected chi connectivity index (χ1v) is 17.2. The molecule has 1 aliphatic heterocycles. The number of ether oxygens (including phenoxy) is 3. The van der Waals surface area contributed by atoms with Gasteiger partial charge in [-0.2, -0.15) is 18.3 Å². The number of alkyl carbamates (subject to hydrolysis) is 1. The molecule has 0 spiro atoms. The lowest BCUT2D eigenvalue weighted by Gasteiger charge is -2.42. The standard InChI is InChI=1S/C35H39ClF5N5O7/c1-32(2,3)53-31(50)45-17-22(35(39,40)41)15-33(28(45)47,29(48)51-4)16-24-23(36)14-26-42-25(18-46(26)44-24)27(21-10-12-34(37,38)13-11-21)43-30(49)52-19-20-8-6-5-7-9-20/h5-9,14,18,21-22,27H,10-13,15-17,19H2,1-4H3,(H,43,49)/t22-,27+,33?/m1/s1. The van der Waals surface area contributed by atoms with E-state index in [1.54, 1.807) is 30.3 Å². The minimum atomic E-state index is -4.94. The largest absolute Gasteiger partial charge is 0.468 e. The van der Waals surface area contributed by atoms with Crippen LogP contribution >= 0.6 is 11.6 Å². The Bertz CT molecular complexity index is 1840. The van der Waals surface area contributed by atoms with Crippen molar-refractivity contribution in [3.05, 3.63) is 64.6 Å². The smallest absolute Gasteiger partial charge is 0.417 e. The second kappa shape index (κ2) is 15.1. The van der Waals surface area contributed by atoms with Crippen LogP contribution in [0.25, 0.3) is 5.65 Å². The predicted molar refractivity (Wildman–Crippen MR) is 178 cm³/mol. The third kappa shape index (κ3) is 9.16. The van der Waals surface area contributed by atoms with Crippen LogP contribution in [0.5, 0.6) is 0 Å². The summed E-state index contributed by atoms with van der Waals surface area (Å²) < 4.78 is 87.8. The first-order chi connectivity index (χ1) is 24.7. The van der Waals surface area contributed by atoms with Gasteiger partial charge in [-0.25, -0.2) is 32.8 Å². The predicted octanol–water partition coefficient (Wildman–Crippen LogP) is 7.22. The molecular formula is C35H39ClF5N5O7. The molecule has 3 amide bonds. The molecule has 2 aromatic heterocycles. The summed E-state index contributed by atoms with van der Waals surface area (Å²) in [6.07, 6.45) is -8.39. The first kappa shape index (κ1) is 39.7. The van der Waals surface area contributed by atoms with E-state index in [1.165, 1.54) is 37.5 Å². The fourth-order valence-corrected chi connectivity index (χ4v) is 6.85. The number of likely N-dealkylation sites (tertiary alicyclic amines) is 1. The van der Waals surface area contributed by atoms with Crippen molar-refractivity contribution in [1.29, 1.82) is 0 Å². The van der Waals surface area contributed by atoms with Gasteiger partial charge in [-0.1, -0.05) is 41.9 Å². The van der Waals surface area contributed by atoms with Crippen LogP contribution < -0.4 is 5.32 Å². The van der Waals surface area contributed by atoms with Gasteiger partial charge in [0.25, 0.3) is 0 Å². The summed E-state index contributed by atoms with van der Waals surface area (Å²) in [7, 11) is 0.895. The number of nitrogens with zero attached hydrogens (tertiary/aromatic N) is 4. The van der Waals surface area contributed by atoms with Crippen molar-refractivity contribution in [3.63, 3.8) is 0 Å². The van der Waals surface area contributed by atoms with Crippen LogP contribution in [-0.4, -0.2) is 74.9 Å². The average Bonchev–Trinajstić information content (AvgIpc) is 3.48. The lowest BCUT2D eigenvalue weighted by atomic mass is 9.71. The molecule has 1 saturated carbocycles. The zero-order valence-corrected chi connectivity index (χ0v) is 30.1. The number of amides is 3. The molecule has 0 radical (unpaired) electrons. The summed E-state index contributed by atoms with van der Waals surface area (Å²) in [5.41, 5.74) is -2.98. The van der Waals surface area contributed by atoms with Crippen LogP contribution in [0, 0.1) is 17.3 Å². The molecular weight excluding hydrogens is 733 g/mol. The molecule has 3 heterocycles. The van der Waals surface area contributed by atoms with E-state index in [0.29, 0.717) is 5.56 Å². The summed E-state index contributed by atoms with van der Waals surface area (Å²) >= 11 is 6.57. The number of rotatable bonds is 8. The number of esters is 1. The first-order valence-electron chi connectivity index (χ1n) is 16.8. The summed E-state index contributed by atoms with van der Waals surface area (Å²) in [5, 5.41) is 6.94. The number of carbonyl (C=O) groups excluding carboxylic acids is 4. The summed E-state index contributed by atoms with van der Waals surface area (Å²) in [4.78, 5) is 58.1. The van der Waals surface area contributed by atoms with Gasteiger partial charge >= 0.3 is 24.3 Å². The Morgan fingerprint density at radius 1 is 1.09 bits per heavy atom. The highest BCUT2D eigenvalue weighted by Crippen LogP contribution is 2.46. The van der Waals surface area contributed by atoms with Gasteiger partial charge in [0.05, 0.1) is 41.7 Å². The monoisotopic (exact) mass is 771 g/mol. The molecule has 1 unspecified atom stereocenters. The number of aromatic nitrogens is 3. The van der Waals surface area contributed by atoms with Gasteiger partial charge in [0.2, 0.25) is 11.8 Å². The van der Waals surface area contributed by atoms with Crippen molar-refractivity contribution in [2.24, 2.45) is 17.3 Å². The van der Waals surface area contributed by atoms with Gasteiger partial charge in [-0.15, -0.1) is 0 Å². The SMILES string of the molecule is COC(=O)C1(Cc2nn3cc([C@@H](NC(=O)OCc4ccccc4)C4CCC(F)(F)CC4)nc3cc2Cl)C[C@@H](C(F)(F)F)CN(C(=O)OC(C)(C)C)C1=O. The maximum absolute atomic E-state index is 14.3. The Morgan fingerprint density at radius 2 is 1.75 bits per heavy atom. The minimum absolute atomic E-state index is 0.0439. The molecule has 3 atom stereocenters. The van der Waals surface area contributed by atoms with E-state index in [2.05, 4.69) is 15.4 Å². The zero-order valence-electron chi connectivity index (χ0n) is 29.3. The molecule has 12 nitrogen and oxygen atoms in total. The van der Waals surface area contributed by atoms with Crippen LogP contribution in [0.4, 0.5) is 31.5 Å². The van der Waals surface area contributed by atoms with E-state index in [4.69, 9.17) is 25.8 Å². The number of hydrogen-bond acceptors (Lipinski definition) is 9. The maximum atomic E-state index is 14.3. The fourth-order valence-electron chi connectivity index (χ4n) is 6.65. The van der Waals surface area contributed by atoms with Crippen molar-refractivity contribution in [3.8, 4) is 0 Å². The Hall–Kier alpha value is -4.54. The van der Waals surface area contributed by atoms with E-state index in [9.17, 15) is 41.1 Å². The molecule has 1 aromatic carbocycles. The molecule has 5 rings (SSSR count). The summed E-state index contributed by atoms with van der Waals surface area (Å²) in [6.45, 7) is 3.24. The van der Waals surface area contributed by atoms with Crippen LogP contribution in [0.15, 0.2) is 42.6 Å². The molecule has 288 valence electrons. The van der Waals surface area contributed by atoms with Crippen LogP contribution in [0.2, 0.25) is 5.02 Å². The Balaban J connectivity index is 1.49. The van der Waals surface area contributed by atoms with Gasteiger partial charge in [0, 0.05) is 31.9 Å². The van der Waals surface area contributed by atoms with Gasteiger partial charge in [-0.3, -0.25) is 9.59 Å². The molecule has 18 heteroatoms.